The molecule has 15 atom stereocenters. The number of carboxylic acids is 1. The number of nitrogens with one attached hydrogen (secondary N) is 11. The summed E-state index contributed by atoms with van der Waals surface area (Å²) in [4.78, 5) is 272. The second kappa shape index (κ2) is 50.9. The van der Waals surface area contributed by atoms with E-state index in [1.165, 1.54) is 63.1 Å². The van der Waals surface area contributed by atoms with Crippen molar-refractivity contribution in [3.63, 3.8) is 0 Å². The van der Waals surface area contributed by atoms with Crippen LogP contribution >= 0.6 is 11.8 Å². The molecule has 0 spiro atoms. The van der Waals surface area contributed by atoms with Crippen LogP contribution in [0.1, 0.15) is 134 Å². The summed E-state index contributed by atoms with van der Waals surface area (Å²) in [6.07, 6.45) is 0.652. The van der Waals surface area contributed by atoms with Crippen LogP contribution in [-0.4, -0.2) is 312 Å². The number of phenols is 1. The molecular formula is C94H129N21O21S. The highest BCUT2D eigenvalue weighted by Gasteiger charge is 2.47. The van der Waals surface area contributed by atoms with Gasteiger partial charge in [0.05, 0.1) is 24.8 Å². The van der Waals surface area contributed by atoms with Crippen LogP contribution < -0.4 is 76.1 Å². The van der Waals surface area contributed by atoms with E-state index in [0.717, 1.165) is 36.3 Å². The summed E-state index contributed by atoms with van der Waals surface area (Å²) in [5.41, 5.74) is 26.5. The highest BCUT2D eigenvalue weighted by atomic mass is 32.2. The van der Waals surface area contributed by atoms with Gasteiger partial charge in [0.1, 0.15) is 96.9 Å². The van der Waals surface area contributed by atoms with E-state index in [0.29, 0.717) is 69.7 Å². The Labute approximate surface area is 797 Å². The molecule has 5 heterocycles. The monoisotopic (exact) mass is 1920 g/mol. The quantitative estimate of drug-likeness (QED) is 0.0278. The van der Waals surface area contributed by atoms with Crippen molar-refractivity contribution in [3.8, 4) is 5.75 Å². The second-order valence-corrected chi connectivity index (χ2v) is 36.4. The van der Waals surface area contributed by atoms with E-state index in [2.05, 4.69) is 58.2 Å². The van der Waals surface area contributed by atoms with Gasteiger partial charge in [0, 0.05) is 113 Å². The molecule has 742 valence electrons. The number of carboxylic acid groups (broad SMARTS) is 1. The first-order chi connectivity index (χ1) is 65.2. The number of aliphatic hydroxyl groups excluding tert-OH is 1. The lowest BCUT2D eigenvalue weighted by Gasteiger charge is -2.36. The van der Waals surface area contributed by atoms with Crippen LogP contribution in [0.25, 0.3) is 21.8 Å². The Bertz CT molecular complexity index is 5330. The highest BCUT2D eigenvalue weighted by Crippen LogP contribution is 2.29. The number of amides is 17. The van der Waals surface area contributed by atoms with Gasteiger partial charge < -0.3 is 125 Å². The number of para-hydroxylation sites is 2. The van der Waals surface area contributed by atoms with Crippen LogP contribution in [0.5, 0.6) is 5.75 Å². The van der Waals surface area contributed by atoms with E-state index in [1.54, 1.807) is 98.9 Å². The molecule has 4 aromatic carbocycles. The summed E-state index contributed by atoms with van der Waals surface area (Å²) in [6.45, 7) is 5.72. The first-order valence-corrected chi connectivity index (χ1v) is 47.2. The standard InChI is InChI=1S/C94H129N21O21S/c1-9-11-26-73-87(129)103-64(38-54-21-14-13-15-22-54)84(126)109-71(82(124)100-46-78(98)119)50-137-51-79(120)101-67(39-55-30-32-58(116)33-31-55)90(132)110(6)53(5)81(123)105-69(43-77(97)118)92(134)114-36-20-29-74(114)88(130)108-70(44-96)86(128)106-66(37-52(3)4)93(135)115-48-59(117)42-76(115)89(131)104-65(40-56-45-99-62-25-18-16-23-60(56)62)85(127)102-63(34-35-95)83(125)107-68(91(133)112(8)75(27-12-10-2)94(136)111(73)7)41-57-47-113(49-80(121)122)72-28-19-17-24-61(57)72/h13-19,21-25,28,30-33,45,47,52-53,59,63-71,73-76,99,116-117H,9-12,20,26-27,29,34-44,46,48-51,95-96H2,1-8H3,(H2,97,118)(H2,98,119)(H,100,124)(H,101,120)(H,102,127)(H,103,129)(H,104,131)(H,105,123)(H,106,128)(H,107,125)(H,108,130)(H,109,126)(H,121,122)/t53-,59+,63-,64-,65-,66-,67-,68-,69-,70-,71-,73-,74?,75-,76-/m0/s1. The number of thioether (sulfide) groups is 1. The molecule has 3 aliphatic rings. The third-order valence-electron chi connectivity index (χ3n) is 24.6. The van der Waals surface area contributed by atoms with E-state index in [4.69, 9.17) is 22.9 Å². The number of benzene rings is 4. The van der Waals surface area contributed by atoms with Crippen LogP contribution in [0.2, 0.25) is 0 Å². The minimum absolute atomic E-state index is 0.0199. The summed E-state index contributed by atoms with van der Waals surface area (Å²) in [5, 5.41) is 59.5. The maximum Gasteiger partial charge on any atom is 0.323 e. The van der Waals surface area contributed by atoms with E-state index >= 15 is 38.4 Å². The minimum Gasteiger partial charge on any atom is -0.508 e. The van der Waals surface area contributed by atoms with E-state index in [-0.39, 0.29) is 89.0 Å². The Morgan fingerprint density at radius 1 is 0.533 bits per heavy atom. The number of carbonyl (C=O) groups is 18. The van der Waals surface area contributed by atoms with E-state index in [9.17, 15) is 63.3 Å². The molecular weight excluding hydrogens is 1790 g/mol. The predicted molar refractivity (Wildman–Crippen MR) is 505 cm³/mol. The van der Waals surface area contributed by atoms with Gasteiger partial charge in [0.25, 0.3) is 0 Å². The number of hydrogen-bond donors (Lipinski definition) is 18. The van der Waals surface area contributed by atoms with Crippen molar-refractivity contribution in [1.82, 2.24) is 87.2 Å². The SMILES string of the molecule is CCCC[C@H]1C(=O)N(C)[C@@H](CCCC)C(=O)N[C@@H](Cc2ccccc2)C(=O)N[C@H](C(=O)NCC(N)=O)CSCC(=O)N[C@@H](Cc2ccc(O)cc2)C(=O)N(C)[C@@H](C)C(=O)N[C@@H](CC(N)=O)C(=O)N2CCCC2C(=O)N[C@@H](CN)C(=O)N[C@@H](CC(C)C)C(=O)N2C[C@H](O)C[C@H]2C(=O)N[C@@H](Cc2c[nH]c3ccccc23)C(=O)N[C@@H](CCN)C(=O)N[C@@H](Cc2cn(CC(=O)O)c3ccccc23)C(=O)N1C. The number of aliphatic hydroxyl groups is 1. The molecule has 42 nitrogen and oxygen atoms in total. The molecule has 3 saturated heterocycles. The molecule has 0 bridgehead atoms. The van der Waals surface area contributed by atoms with E-state index < -0.39 is 248 Å². The number of aromatic amines is 1. The maximum absolute atomic E-state index is 16.0. The van der Waals surface area contributed by atoms with Crippen LogP contribution in [-0.2, 0) is 119 Å². The lowest BCUT2D eigenvalue weighted by molar-refractivity contribution is -0.149. The van der Waals surface area contributed by atoms with Gasteiger partial charge in [0.15, 0.2) is 0 Å². The first kappa shape index (κ1) is 107. The number of H-pyrrole nitrogens is 1. The third-order valence-corrected chi connectivity index (χ3v) is 25.7. The fourth-order valence-corrected chi connectivity index (χ4v) is 18.0. The highest BCUT2D eigenvalue weighted by molar-refractivity contribution is 8.00. The summed E-state index contributed by atoms with van der Waals surface area (Å²) in [6, 6.07) is 5.97. The van der Waals surface area contributed by atoms with Gasteiger partial charge in [-0.3, -0.25) is 86.3 Å². The van der Waals surface area contributed by atoms with Crippen molar-refractivity contribution < 1.29 is 102 Å². The zero-order valence-corrected chi connectivity index (χ0v) is 79.1. The molecule has 22 N–H and O–H groups in total. The molecule has 9 rings (SSSR count). The Hall–Kier alpha value is -13.6. The molecule has 17 amide bonds. The van der Waals surface area contributed by atoms with Gasteiger partial charge in [-0.15, -0.1) is 11.8 Å². The first-order valence-electron chi connectivity index (χ1n) is 46.0. The van der Waals surface area contributed by atoms with Gasteiger partial charge in [-0.2, -0.15) is 0 Å². The minimum atomic E-state index is -1.77. The summed E-state index contributed by atoms with van der Waals surface area (Å²) in [7, 11) is 3.91. The number of nitrogens with two attached hydrogens (primary N) is 4. The summed E-state index contributed by atoms with van der Waals surface area (Å²) < 4.78 is 1.44. The van der Waals surface area contributed by atoms with Gasteiger partial charge in [-0.25, -0.2) is 0 Å². The van der Waals surface area contributed by atoms with Crippen molar-refractivity contribution in [2.75, 3.05) is 65.4 Å². The fraction of sp³-hybridized carbons (Fsp3) is 0.511. The van der Waals surface area contributed by atoms with Gasteiger partial charge >= 0.3 is 5.97 Å². The number of carbonyl (C=O) groups excluding carboxylic acids is 17. The number of primary amides is 2. The van der Waals surface area contributed by atoms with Crippen molar-refractivity contribution in [2.24, 2.45) is 28.9 Å². The summed E-state index contributed by atoms with van der Waals surface area (Å²) >= 11 is 0.775. The smallest absolute Gasteiger partial charge is 0.323 e. The molecule has 3 aliphatic heterocycles. The largest absolute Gasteiger partial charge is 0.508 e. The number of aromatic nitrogens is 2. The molecule has 6 aromatic rings. The number of aromatic hydroxyl groups is 1. The van der Waals surface area contributed by atoms with Crippen molar-refractivity contribution in [3.05, 3.63) is 138 Å². The van der Waals surface area contributed by atoms with Crippen molar-refractivity contribution in [1.29, 1.82) is 0 Å². The normalized spacial score (nSPS) is 24.6. The number of likely N-dealkylation sites (N-methyl/N-ethyl adjacent to an activating group) is 3. The lowest BCUT2D eigenvalue weighted by Crippen LogP contribution is -2.62. The van der Waals surface area contributed by atoms with Crippen LogP contribution in [0, 0.1) is 5.92 Å². The van der Waals surface area contributed by atoms with Gasteiger partial charge in [0.2, 0.25) is 100 Å². The number of hydrogen-bond acceptors (Lipinski definition) is 23. The number of aliphatic carboxylic acids is 1. The Balaban J connectivity index is 1.12. The second-order valence-electron chi connectivity index (χ2n) is 35.4. The lowest BCUT2D eigenvalue weighted by atomic mass is 9.99. The number of phenolic OH excluding ortho intramolecular Hbond substituents is 1. The van der Waals surface area contributed by atoms with Crippen LogP contribution in [0.3, 0.4) is 0 Å². The average Bonchev–Trinajstić information content (AvgIpc) is 1.48. The fourth-order valence-electron chi connectivity index (χ4n) is 17.2. The zero-order chi connectivity index (χ0) is 100. The molecule has 137 heavy (non-hydrogen) atoms. The molecule has 3 fully saturated rings. The van der Waals surface area contributed by atoms with Crippen LogP contribution in [0.15, 0.2) is 116 Å². The Morgan fingerprint density at radius 3 is 1.73 bits per heavy atom. The molecule has 0 radical (unpaired) electrons. The van der Waals surface area contributed by atoms with Gasteiger partial charge in [-0.05, 0) is 104 Å². The van der Waals surface area contributed by atoms with E-state index in [1.807, 2.05) is 13.8 Å². The van der Waals surface area contributed by atoms with Gasteiger partial charge in [-0.1, -0.05) is 132 Å². The average molecular weight is 1920 g/mol. The number of rotatable bonds is 26. The predicted octanol–water partition coefficient (Wildman–Crippen LogP) is -2.04. The number of nitrogens with zero attached hydrogens (tertiary/aromatic N) is 6. The molecule has 0 aliphatic carbocycles. The maximum atomic E-state index is 16.0. The summed E-state index contributed by atoms with van der Waals surface area (Å²) in [5.74, 6) is -18.7. The van der Waals surface area contributed by atoms with Crippen LogP contribution in [0.4, 0.5) is 0 Å². The topological polar surface area (TPSA) is 629 Å². The third kappa shape index (κ3) is 29.5. The Kier molecular flexibility index (Phi) is 39.8. The van der Waals surface area contributed by atoms with Crippen molar-refractivity contribution >= 4 is 140 Å². The molecule has 43 heteroatoms. The molecule has 0 saturated carbocycles. The number of unbranched alkanes of at least 4 members (excludes halogenated alkanes) is 2. The zero-order valence-electron chi connectivity index (χ0n) is 78.3. The Morgan fingerprint density at radius 2 is 1.07 bits per heavy atom. The van der Waals surface area contributed by atoms with Crippen molar-refractivity contribution in [2.45, 2.75) is 235 Å². The molecule has 1 unspecified atom stereocenters. The molecule has 2 aromatic heterocycles. The number of fused-ring (bicyclic) bond motifs is 4.